The molecule has 0 aromatic heterocycles. The topological polar surface area (TPSA) is 6.48 Å². The van der Waals surface area contributed by atoms with Gasteiger partial charge in [0, 0.05) is 5.69 Å². The Morgan fingerprint density at radius 2 is 1.36 bits per heavy atom. The second kappa shape index (κ2) is 9.36. The predicted molar refractivity (Wildman–Crippen MR) is 87.5 cm³/mol. The Bertz CT molecular complexity index is 472. The van der Waals surface area contributed by atoms with E-state index >= 15 is 0 Å². The van der Waals surface area contributed by atoms with Crippen LogP contribution >= 0.6 is 0 Å². The molecule has 1 aromatic carbocycles. The van der Waals surface area contributed by atoms with Gasteiger partial charge in [-0.05, 0) is 55.3 Å². The van der Waals surface area contributed by atoms with E-state index in [1.807, 2.05) is 0 Å². The van der Waals surface area contributed by atoms with Crippen LogP contribution in [-0.4, -0.2) is 10.9 Å². The van der Waals surface area contributed by atoms with E-state index in [0.717, 1.165) is 0 Å². The van der Waals surface area contributed by atoms with Crippen molar-refractivity contribution in [1.29, 1.82) is 0 Å². The molecule has 4 heteroatoms. The third-order valence-electron chi connectivity index (χ3n) is 3.85. The average molecular weight is 506 g/mol. The Morgan fingerprint density at radius 3 is 1.73 bits per heavy atom. The monoisotopic (exact) mass is 505 g/mol. The minimum absolute atomic E-state index is 0. The summed E-state index contributed by atoms with van der Waals surface area (Å²) in [4.78, 5) is 4.53. The third-order valence-corrected chi connectivity index (χ3v) is 3.85. The SMILES string of the molecule is CC(C)c1cccc(C(C)C)c1N1C=CN(C(C)C)[CH-]1.[Ag+].[I-]. The van der Waals surface area contributed by atoms with Crippen LogP contribution in [0.5, 0.6) is 0 Å². The first kappa shape index (κ1) is 22.0. The van der Waals surface area contributed by atoms with Crippen LogP contribution in [0.15, 0.2) is 30.6 Å². The van der Waals surface area contributed by atoms with Crippen LogP contribution < -0.4 is 28.9 Å². The minimum atomic E-state index is 0. The standard InChI is InChI=1S/C18H27N2.Ag.HI/c1-13(2)16-8-7-9-17(14(3)4)18(16)20-11-10-19(12-20)15(5)6;;/h7-15H,1-6H3;;1H/q-1;+1;/p-1. The molecule has 2 nitrogen and oxygen atoms in total. The van der Waals surface area contributed by atoms with Gasteiger partial charge in [-0.3, -0.25) is 0 Å². The molecule has 2 rings (SSSR count). The zero-order valence-corrected chi connectivity index (χ0v) is 17.9. The first-order valence-corrected chi connectivity index (χ1v) is 7.63. The summed E-state index contributed by atoms with van der Waals surface area (Å²) in [6.07, 6.45) is 4.33. The van der Waals surface area contributed by atoms with Crippen molar-refractivity contribution >= 4 is 5.69 Å². The first-order chi connectivity index (χ1) is 9.41. The van der Waals surface area contributed by atoms with Crippen molar-refractivity contribution in [3.05, 3.63) is 48.4 Å². The third kappa shape index (κ3) is 4.76. The Labute approximate surface area is 168 Å². The van der Waals surface area contributed by atoms with E-state index in [9.17, 15) is 0 Å². The van der Waals surface area contributed by atoms with Gasteiger partial charge in [-0.15, -0.1) is 0 Å². The summed E-state index contributed by atoms with van der Waals surface area (Å²) in [6.45, 7) is 15.7. The summed E-state index contributed by atoms with van der Waals surface area (Å²) in [5.74, 6) is 1.05. The van der Waals surface area contributed by atoms with Crippen molar-refractivity contribution in [3.63, 3.8) is 0 Å². The number of benzene rings is 1. The van der Waals surface area contributed by atoms with Gasteiger partial charge in [0.25, 0.3) is 0 Å². The summed E-state index contributed by atoms with van der Waals surface area (Å²) in [7, 11) is 0. The number of halogens is 1. The van der Waals surface area contributed by atoms with Gasteiger partial charge in [-0.1, -0.05) is 45.9 Å². The maximum Gasteiger partial charge on any atom is 1.00 e. The van der Waals surface area contributed by atoms with E-state index in [-0.39, 0.29) is 46.4 Å². The van der Waals surface area contributed by atoms with Crippen LogP contribution in [0.2, 0.25) is 0 Å². The summed E-state index contributed by atoms with van der Waals surface area (Å²) in [5, 5.41) is 0. The number of anilines is 1. The van der Waals surface area contributed by atoms with E-state index in [1.54, 1.807) is 0 Å². The molecule has 0 atom stereocenters. The van der Waals surface area contributed by atoms with Gasteiger partial charge in [0.15, 0.2) is 0 Å². The predicted octanol–water partition coefficient (Wildman–Crippen LogP) is 2.06. The zero-order chi connectivity index (χ0) is 14.9. The van der Waals surface area contributed by atoms with Crippen molar-refractivity contribution in [2.45, 2.75) is 59.4 Å². The summed E-state index contributed by atoms with van der Waals surface area (Å²) in [5.41, 5.74) is 4.20. The van der Waals surface area contributed by atoms with Crippen molar-refractivity contribution in [1.82, 2.24) is 4.90 Å². The van der Waals surface area contributed by atoms with Crippen LogP contribution in [0.3, 0.4) is 0 Å². The Morgan fingerprint density at radius 1 is 0.864 bits per heavy atom. The summed E-state index contributed by atoms with van der Waals surface area (Å²) < 4.78 is 0. The van der Waals surface area contributed by atoms with E-state index in [1.165, 1.54) is 16.8 Å². The molecule has 0 radical (unpaired) electrons. The molecular formula is C18H27AgIN2-. The molecule has 1 heterocycles. The Balaban J connectivity index is 0.00000220. The van der Waals surface area contributed by atoms with Crippen LogP contribution in [0, 0.1) is 6.67 Å². The molecule has 128 valence electrons. The zero-order valence-electron chi connectivity index (χ0n) is 14.3. The molecule has 0 spiro atoms. The molecular weight excluding hydrogens is 479 g/mol. The smallest absolute Gasteiger partial charge is 1.00 e. The molecule has 1 aliphatic heterocycles. The fraction of sp³-hybridized carbons (Fsp3) is 0.500. The van der Waals surface area contributed by atoms with Crippen molar-refractivity contribution < 1.29 is 46.4 Å². The molecule has 22 heavy (non-hydrogen) atoms. The molecule has 0 saturated carbocycles. The number of para-hydroxylation sites is 1. The van der Waals surface area contributed by atoms with Crippen molar-refractivity contribution in [3.8, 4) is 0 Å². The van der Waals surface area contributed by atoms with Crippen molar-refractivity contribution in [2.75, 3.05) is 4.90 Å². The normalized spacial score (nSPS) is 13.9. The van der Waals surface area contributed by atoms with Gasteiger partial charge >= 0.3 is 22.4 Å². The average Bonchev–Trinajstić information content (AvgIpc) is 2.87. The van der Waals surface area contributed by atoms with Crippen LogP contribution in [0.25, 0.3) is 0 Å². The summed E-state index contributed by atoms with van der Waals surface area (Å²) >= 11 is 0. The molecule has 0 bridgehead atoms. The fourth-order valence-corrected chi connectivity index (χ4v) is 2.62. The quantitative estimate of drug-likeness (QED) is 0.351. The maximum absolute atomic E-state index is 2.28. The Kier molecular flexibility index (Phi) is 9.37. The fourth-order valence-electron chi connectivity index (χ4n) is 2.62. The summed E-state index contributed by atoms with van der Waals surface area (Å²) in [6, 6.07) is 7.19. The molecule has 0 amide bonds. The van der Waals surface area contributed by atoms with Crippen LogP contribution in [-0.2, 0) is 22.4 Å². The van der Waals surface area contributed by atoms with Gasteiger partial charge in [-0.2, -0.15) is 6.67 Å². The largest absolute Gasteiger partial charge is 1.00 e. The van der Waals surface area contributed by atoms with E-state index < -0.39 is 0 Å². The number of rotatable bonds is 4. The number of nitrogens with zero attached hydrogens (tertiary/aromatic N) is 2. The van der Waals surface area contributed by atoms with E-state index in [4.69, 9.17) is 0 Å². The molecule has 0 aliphatic carbocycles. The van der Waals surface area contributed by atoms with Gasteiger partial charge in [0.1, 0.15) is 0 Å². The van der Waals surface area contributed by atoms with Crippen molar-refractivity contribution in [2.24, 2.45) is 0 Å². The Hall–Kier alpha value is 0.0303. The molecule has 1 aliphatic rings. The van der Waals surface area contributed by atoms with Gasteiger partial charge < -0.3 is 33.8 Å². The molecule has 1 aromatic rings. The number of hydrogen-bond donors (Lipinski definition) is 0. The van der Waals surface area contributed by atoms with Crippen LogP contribution in [0.4, 0.5) is 5.69 Å². The second-order valence-corrected chi connectivity index (χ2v) is 6.46. The maximum atomic E-state index is 2.28. The molecule has 0 N–H and O–H groups in total. The molecule has 0 fully saturated rings. The van der Waals surface area contributed by atoms with Gasteiger partial charge in [0.2, 0.25) is 0 Å². The first-order valence-electron chi connectivity index (χ1n) is 7.63. The molecule has 0 saturated heterocycles. The van der Waals surface area contributed by atoms with Crippen LogP contribution in [0.1, 0.15) is 64.5 Å². The second-order valence-electron chi connectivity index (χ2n) is 6.46. The van der Waals surface area contributed by atoms with Gasteiger partial charge in [-0.25, -0.2) is 0 Å². The minimum Gasteiger partial charge on any atom is -1.00 e. The molecule has 0 unspecified atom stereocenters. The van der Waals surface area contributed by atoms with E-state index in [0.29, 0.717) is 17.9 Å². The van der Waals surface area contributed by atoms with Gasteiger partial charge in [0.05, 0.1) is 0 Å². The van der Waals surface area contributed by atoms with E-state index in [2.05, 4.69) is 88.6 Å². The number of hydrogen-bond acceptors (Lipinski definition) is 2.